The van der Waals surface area contributed by atoms with Gasteiger partial charge in [-0.3, -0.25) is 9.48 Å². The minimum atomic E-state index is -0.456. The molecule has 2 aromatic rings. The number of hydrogen-bond donors (Lipinski definition) is 1. The van der Waals surface area contributed by atoms with Crippen molar-refractivity contribution in [3.63, 3.8) is 0 Å². The number of carbonyl (C=O) groups is 1. The highest BCUT2D eigenvalue weighted by molar-refractivity contribution is 5.92. The Morgan fingerprint density at radius 2 is 2.30 bits per heavy atom. The van der Waals surface area contributed by atoms with Crippen LogP contribution in [0.1, 0.15) is 10.5 Å². The van der Waals surface area contributed by atoms with E-state index in [0.29, 0.717) is 18.8 Å². The van der Waals surface area contributed by atoms with Gasteiger partial charge >= 0.3 is 0 Å². The summed E-state index contributed by atoms with van der Waals surface area (Å²) < 4.78 is 15.0. The standard InChI is InChI=1S/C12H13FN6O/c1-18-3-2-10(17-18)12(20)16-8-5-19(6-8)11-9(13)4-14-7-15-11/h2-4,7-8H,5-6H2,1H3,(H,16,20). The predicted octanol–water partition coefficient (Wildman–Crippen LogP) is -0.0322. The molecule has 1 fully saturated rings. The SMILES string of the molecule is Cn1ccc(C(=O)NC2CN(c3ncncc3F)C2)n1. The third-order valence-corrected chi connectivity index (χ3v) is 3.11. The predicted molar refractivity (Wildman–Crippen MR) is 68.7 cm³/mol. The third kappa shape index (κ3) is 2.31. The summed E-state index contributed by atoms with van der Waals surface area (Å²) in [7, 11) is 1.75. The average molecular weight is 276 g/mol. The molecule has 8 heteroatoms. The lowest BCUT2D eigenvalue weighted by atomic mass is 10.1. The number of rotatable bonds is 3. The molecule has 3 heterocycles. The second kappa shape index (κ2) is 4.87. The number of nitrogens with zero attached hydrogens (tertiary/aromatic N) is 5. The summed E-state index contributed by atoms with van der Waals surface area (Å²) in [5.74, 6) is -0.413. The summed E-state index contributed by atoms with van der Waals surface area (Å²) in [5, 5.41) is 6.87. The highest BCUT2D eigenvalue weighted by Crippen LogP contribution is 2.20. The maximum atomic E-state index is 13.5. The molecule has 1 aliphatic rings. The molecule has 3 rings (SSSR count). The monoisotopic (exact) mass is 276 g/mol. The molecule has 104 valence electrons. The number of halogens is 1. The van der Waals surface area contributed by atoms with E-state index in [1.54, 1.807) is 28.9 Å². The minimum absolute atomic E-state index is 0.0288. The lowest BCUT2D eigenvalue weighted by molar-refractivity contribution is 0.0924. The van der Waals surface area contributed by atoms with Gasteiger partial charge in [-0.2, -0.15) is 5.10 Å². The van der Waals surface area contributed by atoms with E-state index in [2.05, 4.69) is 20.4 Å². The van der Waals surface area contributed by atoms with Gasteiger partial charge < -0.3 is 10.2 Å². The zero-order chi connectivity index (χ0) is 14.1. The van der Waals surface area contributed by atoms with E-state index < -0.39 is 5.82 Å². The van der Waals surface area contributed by atoms with Crippen LogP contribution < -0.4 is 10.2 Å². The molecule has 0 saturated carbocycles. The molecule has 0 radical (unpaired) electrons. The molecule has 1 N–H and O–H groups in total. The van der Waals surface area contributed by atoms with Crippen molar-refractivity contribution in [3.05, 3.63) is 36.3 Å². The van der Waals surface area contributed by atoms with Crippen molar-refractivity contribution >= 4 is 11.7 Å². The Hall–Kier alpha value is -2.51. The highest BCUT2D eigenvalue weighted by Gasteiger charge is 2.31. The van der Waals surface area contributed by atoms with E-state index in [1.165, 1.54) is 6.33 Å². The van der Waals surface area contributed by atoms with Crippen molar-refractivity contribution in [2.75, 3.05) is 18.0 Å². The van der Waals surface area contributed by atoms with Crippen LogP contribution in [0.2, 0.25) is 0 Å². The van der Waals surface area contributed by atoms with Gasteiger partial charge in [0.2, 0.25) is 0 Å². The van der Waals surface area contributed by atoms with E-state index in [0.717, 1.165) is 6.20 Å². The van der Waals surface area contributed by atoms with E-state index in [4.69, 9.17) is 0 Å². The van der Waals surface area contributed by atoms with E-state index >= 15 is 0 Å². The fraction of sp³-hybridized carbons (Fsp3) is 0.333. The lowest BCUT2D eigenvalue weighted by Crippen LogP contribution is -2.60. The summed E-state index contributed by atoms with van der Waals surface area (Å²) in [4.78, 5) is 21.1. The molecule has 1 amide bonds. The molecule has 1 aliphatic heterocycles. The van der Waals surface area contributed by atoms with Crippen LogP contribution in [0, 0.1) is 5.82 Å². The van der Waals surface area contributed by atoms with Crippen molar-refractivity contribution < 1.29 is 9.18 Å². The van der Waals surface area contributed by atoms with E-state index in [9.17, 15) is 9.18 Å². The summed E-state index contributed by atoms with van der Waals surface area (Å²) in [5.41, 5.74) is 0.374. The second-order valence-electron chi connectivity index (χ2n) is 4.64. The molecule has 2 aromatic heterocycles. The van der Waals surface area contributed by atoms with E-state index in [1.807, 2.05) is 0 Å². The first-order valence-electron chi connectivity index (χ1n) is 6.14. The highest BCUT2D eigenvalue weighted by atomic mass is 19.1. The largest absolute Gasteiger partial charge is 0.350 e. The van der Waals surface area contributed by atoms with Crippen LogP contribution in [0.25, 0.3) is 0 Å². The minimum Gasteiger partial charge on any atom is -0.350 e. The molecule has 0 spiro atoms. The van der Waals surface area contributed by atoms with Gasteiger partial charge in [0, 0.05) is 26.3 Å². The number of aryl methyl sites for hydroxylation is 1. The van der Waals surface area contributed by atoms with Crippen molar-refractivity contribution in [3.8, 4) is 0 Å². The quantitative estimate of drug-likeness (QED) is 0.852. The summed E-state index contributed by atoms with van der Waals surface area (Å²) in [6.07, 6.45) is 4.14. The van der Waals surface area contributed by atoms with Gasteiger partial charge in [-0.15, -0.1) is 0 Å². The van der Waals surface area contributed by atoms with Crippen LogP contribution in [0.3, 0.4) is 0 Å². The molecule has 0 aromatic carbocycles. The number of aromatic nitrogens is 4. The summed E-state index contributed by atoms with van der Waals surface area (Å²) in [6.45, 7) is 1.04. The van der Waals surface area contributed by atoms with Crippen LogP contribution in [0.4, 0.5) is 10.2 Å². The van der Waals surface area contributed by atoms with Crippen molar-refractivity contribution in [1.82, 2.24) is 25.1 Å². The van der Waals surface area contributed by atoms with Crippen LogP contribution in [0.5, 0.6) is 0 Å². The Morgan fingerprint density at radius 1 is 1.50 bits per heavy atom. The van der Waals surface area contributed by atoms with Crippen LogP contribution in [-0.2, 0) is 7.05 Å². The molecule has 0 aliphatic carbocycles. The van der Waals surface area contributed by atoms with Crippen molar-refractivity contribution in [2.24, 2.45) is 7.05 Å². The average Bonchev–Trinajstić information content (AvgIpc) is 2.81. The van der Waals surface area contributed by atoms with E-state index in [-0.39, 0.29) is 17.8 Å². The number of nitrogens with one attached hydrogen (secondary N) is 1. The zero-order valence-corrected chi connectivity index (χ0v) is 10.8. The molecular weight excluding hydrogens is 263 g/mol. The van der Waals surface area contributed by atoms with Gasteiger partial charge in [0.1, 0.15) is 12.0 Å². The first-order chi connectivity index (χ1) is 9.63. The van der Waals surface area contributed by atoms with Crippen LogP contribution in [0.15, 0.2) is 24.8 Å². The Kier molecular flexibility index (Phi) is 3.05. The molecule has 0 unspecified atom stereocenters. The van der Waals surface area contributed by atoms with Gasteiger partial charge in [-0.25, -0.2) is 14.4 Å². The first-order valence-corrected chi connectivity index (χ1v) is 6.14. The van der Waals surface area contributed by atoms with Crippen molar-refractivity contribution in [2.45, 2.75) is 6.04 Å². The number of amides is 1. The summed E-state index contributed by atoms with van der Waals surface area (Å²) in [6, 6.07) is 1.62. The molecule has 1 saturated heterocycles. The smallest absolute Gasteiger partial charge is 0.272 e. The number of carbonyl (C=O) groups excluding carboxylic acids is 1. The second-order valence-corrected chi connectivity index (χ2v) is 4.64. The molecule has 0 atom stereocenters. The normalized spacial score (nSPS) is 15.0. The van der Waals surface area contributed by atoms with Gasteiger partial charge in [0.25, 0.3) is 5.91 Å². The fourth-order valence-electron chi connectivity index (χ4n) is 2.08. The molecule has 20 heavy (non-hydrogen) atoms. The Balaban J connectivity index is 1.56. The van der Waals surface area contributed by atoms with Crippen LogP contribution in [-0.4, -0.2) is 44.8 Å². The number of anilines is 1. The van der Waals surface area contributed by atoms with Crippen LogP contribution >= 0.6 is 0 Å². The molecular formula is C12H13FN6O. The Bertz CT molecular complexity index is 636. The zero-order valence-electron chi connectivity index (χ0n) is 10.8. The van der Waals surface area contributed by atoms with Gasteiger partial charge in [-0.1, -0.05) is 0 Å². The van der Waals surface area contributed by atoms with Gasteiger partial charge in [0.15, 0.2) is 11.6 Å². The number of hydrogen-bond acceptors (Lipinski definition) is 5. The summed E-state index contributed by atoms with van der Waals surface area (Å²) >= 11 is 0. The molecule has 0 bridgehead atoms. The van der Waals surface area contributed by atoms with Gasteiger partial charge in [-0.05, 0) is 6.07 Å². The lowest BCUT2D eigenvalue weighted by Gasteiger charge is -2.40. The fourth-order valence-corrected chi connectivity index (χ4v) is 2.08. The van der Waals surface area contributed by atoms with Crippen molar-refractivity contribution in [1.29, 1.82) is 0 Å². The third-order valence-electron chi connectivity index (χ3n) is 3.11. The first kappa shape index (κ1) is 12.5. The maximum Gasteiger partial charge on any atom is 0.272 e. The Morgan fingerprint density at radius 3 is 2.95 bits per heavy atom. The molecule has 7 nitrogen and oxygen atoms in total. The topological polar surface area (TPSA) is 75.9 Å². The maximum absolute atomic E-state index is 13.5. The Labute approximate surface area is 114 Å². The van der Waals surface area contributed by atoms with Gasteiger partial charge in [0.05, 0.1) is 12.2 Å².